The molecule has 0 aliphatic rings. The second kappa shape index (κ2) is 5.97. The number of nitrogens with zero attached hydrogens (tertiary/aromatic N) is 1. The standard InChI is InChI=1S/C14H13ClN2O4/c1-8-6-7-12(21-8)9(2)16-14(18)10-4-3-5-11(13(10)15)17(19)20/h3-7,9H,1-2H3,(H,16,18). The molecule has 0 aliphatic carbocycles. The fraction of sp³-hybridized carbons (Fsp3) is 0.214. The lowest BCUT2D eigenvalue weighted by atomic mass is 10.1. The Kier molecular flexibility index (Phi) is 4.28. The average molecular weight is 309 g/mol. The Labute approximate surface area is 125 Å². The van der Waals surface area contributed by atoms with Crippen molar-refractivity contribution in [2.24, 2.45) is 0 Å². The second-order valence-electron chi connectivity index (χ2n) is 4.54. The Morgan fingerprint density at radius 1 is 1.38 bits per heavy atom. The highest BCUT2D eigenvalue weighted by atomic mass is 35.5. The third-order valence-electron chi connectivity index (χ3n) is 2.96. The van der Waals surface area contributed by atoms with Gasteiger partial charge in [-0.1, -0.05) is 17.7 Å². The van der Waals surface area contributed by atoms with Crippen molar-refractivity contribution in [3.05, 3.63) is 62.6 Å². The van der Waals surface area contributed by atoms with Gasteiger partial charge < -0.3 is 9.73 Å². The first-order valence-electron chi connectivity index (χ1n) is 6.20. The van der Waals surface area contributed by atoms with E-state index in [-0.39, 0.29) is 22.3 Å². The largest absolute Gasteiger partial charge is 0.464 e. The van der Waals surface area contributed by atoms with Crippen LogP contribution in [-0.4, -0.2) is 10.8 Å². The van der Waals surface area contributed by atoms with Gasteiger partial charge in [-0.3, -0.25) is 14.9 Å². The van der Waals surface area contributed by atoms with E-state index in [0.717, 1.165) is 5.76 Å². The Hall–Kier alpha value is -2.34. The van der Waals surface area contributed by atoms with Gasteiger partial charge in [0.2, 0.25) is 0 Å². The molecule has 0 aliphatic heterocycles. The lowest BCUT2D eigenvalue weighted by Crippen LogP contribution is -2.26. The van der Waals surface area contributed by atoms with E-state index < -0.39 is 10.8 Å². The van der Waals surface area contributed by atoms with Gasteiger partial charge in [0.05, 0.1) is 16.5 Å². The predicted octanol–water partition coefficient (Wildman–Crippen LogP) is 3.64. The number of nitro groups is 1. The normalized spacial score (nSPS) is 12.0. The SMILES string of the molecule is Cc1ccc(C(C)NC(=O)c2cccc([N+](=O)[O-])c2Cl)o1. The molecule has 0 saturated carbocycles. The van der Waals surface area contributed by atoms with Gasteiger partial charge in [-0.2, -0.15) is 0 Å². The van der Waals surface area contributed by atoms with Gasteiger partial charge in [0.15, 0.2) is 0 Å². The van der Waals surface area contributed by atoms with Crippen molar-refractivity contribution in [3.63, 3.8) is 0 Å². The van der Waals surface area contributed by atoms with E-state index in [1.807, 2.05) is 0 Å². The van der Waals surface area contributed by atoms with E-state index in [1.54, 1.807) is 26.0 Å². The maximum atomic E-state index is 12.2. The molecule has 1 heterocycles. The average Bonchev–Trinajstić information content (AvgIpc) is 2.85. The molecule has 1 amide bonds. The van der Waals surface area contributed by atoms with Crippen LogP contribution in [0.25, 0.3) is 0 Å². The molecule has 6 nitrogen and oxygen atoms in total. The van der Waals surface area contributed by atoms with Gasteiger partial charge >= 0.3 is 0 Å². The summed E-state index contributed by atoms with van der Waals surface area (Å²) in [5, 5.41) is 13.3. The molecule has 0 radical (unpaired) electrons. The summed E-state index contributed by atoms with van der Waals surface area (Å²) in [6.45, 7) is 3.55. The first-order chi connectivity index (χ1) is 9.90. The van der Waals surface area contributed by atoms with E-state index in [1.165, 1.54) is 18.2 Å². The van der Waals surface area contributed by atoms with Gasteiger partial charge in [-0.15, -0.1) is 0 Å². The monoisotopic (exact) mass is 308 g/mol. The maximum absolute atomic E-state index is 12.2. The fourth-order valence-electron chi connectivity index (χ4n) is 1.87. The molecule has 2 aromatic rings. The van der Waals surface area contributed by atoms with Crippen molar-refractivity contribution in [2.75, 3.05) is 0 Å². The highest BCUT2D eigenvalue weighted by molar-refractivity contribution is 6.35. The number of furan rings is 1. The molecule has 0 spiro atoms. The summed E-state index contributed by atoms with van der Waals surface area (Å²) in [7, 11) is 0. The fourth-order valence-corrected chi connectivity index (χ4v) is 2.15. The van der Waals surface area contributed by atoms with Gasteiger partial charge in [-0.25, -0.2) is 0 Å². The molecular weight excluding hydrogens is 296 g/mol. The number of aryl methyl sites for hydroxylation is 1. The summed E-state index contributed by atoms with van der Waals surface area (Å²) >= 11 is 5.91. The Morgan fingerprint density at radius 2 is 2.10 bits per heavy atom. The van der Waals surface area contributed by atoms with Crippen molar-refractivity contribution in [3.8, 4) is 0 Å². The van der Waals surface area contributed by atoms with Crippen LogP contribution < -0.4 is 5.32 Å². The second-order valence-corrected chi connectivity index (χ2v) is 4.92. The summed E-state index contributed by atoms with van der Waals surface area (Å²) in [5.74, 6) is 0.840. The number of carbonyl (C=O) groups is 1. The van der Waals surface area contributed by atoms with Crippen LogP contribution in [0.3, 0.4) is 0 Å². The van der Waals surface area contributed by atoms with Crippen molar-refractivity contribution in [1.29, 1.82) is 0 Å². The Morgan fingerprint density at radius 3 is 2.67 bits per heavy atom. The van der Waals surface area contributed by atoms with Crippen LogP contribution >= 0.6 is 11.6 Å². The molecule has 110 valence electrons. The lowest BCUT2D eigenvalue weighted by molar-refractivity contribution is -0.384. The minimum atomic E-state index is -0.627. The minimum Gasteiger partial charge on any atom is -0.464 e. The molecule has 0 bridgehead atoms. The van der Waals surface area contributed by atoms with Crippen LogP contribution in [0.15, 0.2) is 34.7 Å². The molecular formula is C14H13ClN2O4. The van der Waals surface area contributed by atoms with Crippen molar-refractivity contribution in [2.45, 2.75) is 19.9 Å². The third-order valence-corrected chi connectivity index (χ3v) is 3.35. The highest BCUT2D eigenvalue weighted by Gasteiger charge is 2.21. The van der Waals surface area contributed by atoms with Gasteiger partial charge in [0.25, 0.3) is 11.6 Å². The molecule has 7 heteroatoms. The number of carbonyl (C=O) groups excluding carboxylic acids is 1. The first-order valence-corrected chi connectivity index (χ1v) is 6.58. The van der Waals surface area contributed by atoms with Crippen LogP contribution in [-0.2, 0) is 0 Å². The zero-order valence-corrected chi connectivity index (χ0v) is 12.2. The van der Waals surface area contributed by atoms with E-state index >= 15 is 0 Å². The number of hydrogen-bond donors (Lipinski definition) is 1. The Bertz CT molecular complexity index is 696. The molecule has 0 saturated heterocycles. The van der Waals surface area contributed by atoms with E-state index in [9.17, 15) is 14.9 Å². The zero-order valence-electron chi connectivity index (χ0n) is 11.4. The maximum Gasteiger partial charge on any atom is 0.288 e. The van der Waals surface area contributed by atoms with Gasteiger partial charge in [0, 0.05) is 6.07 Å². The highest BCUT2D eigenvalue weighted by Crippen LogP contribution is 2.28. The lowest BCUT2D eigenvalue weighted by Gasteiger charge is -2.12. The van der Waals surface area contributed by atoms with Gasteiger partial charge in [0.1, 0.15) is 16.5 Å². The minimum absolute atomic E-state index is 0.0565. The number of amides is 1. The molecule has 1 atom stereocenters. The molecule has 2 rings (SSSR count). The summed E-state index contributed by atoms with van der Waals surface area (Å²) in [5.41, 5.74) is -0.244. The molecule has 21 heavy (non-hydrogen) atoms. The van der Waals surface area contributed by atoms with E-state index in [2.05, 4.69) is 5.32 Å². The smallest absolute Gasteiger partial charge is 0.288 e. The number of benzene rings is 1. The summed E-state index contributed by atoms with van der Waals surface area (Å²) < 4.78 is 5.42. The molecule has 1 unspecified atom stereocenters. The van der Waals surface area contributed by atoms with Crippen molar-refractivity contribution < 1.29 is 14.1 Å². The molecule has 1 aromatic heterocycles. The predicted molar refractivity (Wildman–Crippen MR) is 77.4 cm³/mol. The number of hydrogen-bond acceptors (Lipinski definition) is 4. The molecule has 1 N–H and O–H groups in total. The van der Waals surface area contributed by atoms with Gasteiger partial charge in [-0.05, 0) is 32.0 Å². The summed E-state index contributed by atoms with van der Waals surface area (Å²) in [6.07, 6.45) is 0. The topological polar surface area (TPSA) is 85.4 Å². The van der Waals surface area contributed by atoms with Crippen molar-refractivity contribution >= 4 is 23.2 Å². The van der Waals surface area contributed by atoms with Crippen LogP contribution in [0.1, 0.15) is 34.8 Å². The number of halogens is 1. The Balaban J connectivity index is 2.21. The number of nitro benzene ring substituents is 1. The van der Waals surface area contributed by atoms with E-state index in [4.69, 9.17) is 16.0 Å². The third kappa shape index (κ3) is 3.22. The quantitative estimate of drug-likeness (QED) is 0.690. The summed E-state index contributed by atoms with van der Waals surface area (Å²) in [6, 6.07) is 7.28. The summed E-state index contributed by atoms with van der Waals surface area (Å²) in [4.78, 5) is 22.4. The van der Waals surface area contributed by atoms with Crippen LogP contribution in [0.4, 0.5) is 5.69 Å². The number of nitrogens with one attached hydrogen (secondary N) is 1. The van der Waals surface area contributed by atoms with E-state index in [0.29, 0.717) is 5.76 Å². The van der Waals surface area contributed by atoms with Crippen LogP contribution in [0.5, 0.6) is 0 Å². The van der Waals surface area contributed by atoms with Crippen LogP contribution in [0, 0.1) is 17.0 Å². The van der Waals surface area contributed by atoms with Crippen molar-refractivity contribution in [1.82, 2.24) is 5.32 Å². The molecule has 1 aromatic carbocycles. The first kappa shape index (κ1) is 15.1. The van der Waals surface area contributed by atoms with Crippen LogP contribution in [0.2, 0.25) is 5.02 Å². The molecule has 0 fully saturated rings. The number of rotatable bonds is 4. The zero-order chi connectivity index (χ0) is 15.6.